The Hall–Kier alpha value is -7.77. The maximum atomic E-state index is 15.0. The molecule has 2 atom stereocenters. The number of aromatic carboxylic acids is 1. The standard InChI is InChI=1S/C27H20ClFN4O4.C23H25F3N4O3/c1-36-21-5-3-4-20(29)23(21)25-19-10-15(28)6-8-17(19)24-14(12-30-25)13-31-27(33-24)32-16-7-9-18(26(34)35)22(11-16)37-2;1-12(14-6-15(23(24,25)26)8-16(27)7-14)28-22-18-9-21(33-17-4-5-32-11-17)20(31-3)10-19(18)29-13(2)30-22/h3-11,13H,12H2,1-2H3,(H,34,35)(H,31,32,33);6-10,12,17H,4-5,11,27H2,1-3H3,(H,28,29,30). The Kier molecular flexibility index (Phi) is 14.2. The zero-order chi connectivity index (χ0) is 49.9. The number of aryl methyl sites for hydroxylation is 1. The Balaban J connectivity index is 0.000000190. The minimum atomic E-state index is -4.49. The minimum Gasteiger partial charge on any atom is -0.496 e. The number of ether oxygens (including phenoxy) is 5. The zero-order valence-electron chi connectivity index (χ0n) is 38.2. The van der Waals surface area contributed by atoms with Crippen molar-refractivity contribution in [1.29, 1.82) is 0 Å². The van der Waals surface area contributed by atoms with E-state index in [9.17, 15) is 23.1 Å². The number of rotatable bonds is 12. The first-order chi connectivity index (χ1) is 33.5. The molecule has 0 spiro atoms. The van der Waals surface area contributed by atoms with Gasteiger partial charge < -0.3 is 45.2 Å². The van der Waals surface area contributed by atoms with E-state index in [1.54, 1.807) is 75.7 Å². The number of fused-ring (bicyclic) bond motifs is 4. The highest BCUT2D eigenvalue weighted by atomic mass is 35.5. The summed E-state index contributed by atoms with van der Waals surface area (Å²) in [6, 6.07) is 21.0. The summed E-state index contributed by atoms with van der Waals surface area (Å²) in [5.74, 6) is 1.27. The topological polar surface area (TPSA) is 197 Å². The normalized spacial score (nSPS) is 14.5. The second-order valence-corrected chi connectivity index (χ2v) is 16.5. The lowest BCUT2D eigenvalue weighted by Gasteiger charge is -2.20. The van der Waals surface area contributed by atoms with Crippen molar-refractivity contribution in [2.24, 2.45) is 4.99 Å². The molecule has 362 valence electrons. The fourth-order valence-electron chi connectivity index (χ4n) is 7.96. The average Bonchev–Trinajstić information content (AvgIpc) is 3.79. The lowest BCUT2D eigenvalue weighted by molar-refractivity contribution is -0.137. The summed E-state index contributed by atoms with van der Waals surface area (Å²) < 4.78 is 82.4. The number of nitrogens with two attached hydrogens (primary N) is 1. The molecule has 2 aliphatic rings. The van der Waals surface area contributed by atoms with Gasteiger partial charge in [0.1, 0.15) is 40.6 Å². The Bertz CT molecular complexity index is 3150. The van der Waals surface area contributed by atoms with Crippen molar-refractivity contribution in [3.63, 3.8) is 0 Å². The molecule has 0 radical (unpaired) electrons. The van der Waals surface area contributed by atoms with Gasteiger partial charge in [-0.3, -0.25) is 4.99 Å². The highest BCUT2D eigenvalue weighted by Gasteiger charge is 2.32. The molecule has 0 amide bonds. The summed E-state index contributed by atoms with van der Waals surface area (Å²) in [4.78, 5) is 34.2. The van der Waals surface area contributed by atoms with E-state index in [-0.39, 0.29) is 41.2 Å². The molecule has 20 heteroatoms. The molecular weight excluding hydrogens is 936 g/mol. The molecular formula is C50H45ClF4N8O7. The number of nitrogens with zero attached hydrogens (tertiary/aromatic N) is 5. The molecule has 15 nitrogen and oxygen atoms in total. The van der Waals surface area contributed by atoms with Crippen molar-refractivity contribution in [2.75, 3.05) is 50.9 Å². The average molecular weight is 981 g/mol. The van der Waals surface area contributed by atoms with E-state index in [1.165, 1.54) is 32.4 Å². The highest BCUT2D eigenvalue weighted by molar-refractivity contribution is 6.31. The fourth-order valence-corrected chi connectivity index (χ4v) is 8.13. The first-order valence-electron chi connectivity index (χ1n) is 21.6. The molecule has 0 saturated carbocycles. The van der Waals surface area contributed by atoms with Crippen LogP contribution in [-0.4, -0.2) is 77.4 Å². The summed E-state index contributed by atoms with van der Waals surface area (Å²) in [5.41, 5.74) is 9.84. The lowest BCUT2D eigenvalue weighted by atomic mass is 9.94. The van der Waals surface area contributed by atoms with Crippen LogP contribution in [0.2, 0.25) is 5.02 Å². The largest absolute Gasteiger partial charge is 0.496 e. The number of hydrogen-bond acceptors (Lipinski definition) is 14. The third kappa shape index (κ3) is 10.6. The summed E-state index contributed by atoms with van der Waals surface area (Å²) in [7, 11) is 4.42. The second kappa shape index (κ2) is 20.4. The Morgan fingerprint density at radius 3 is 2.41 bits per heavy atom. The zero-order valence-corrected chi connectivity index (χ0v) is 39.0. The van der Waals surface area contributed by atoms with Gasteiger partial charge in [-0.25, -0.2) is 29.1 Å². The number of aromatic nitrogens is 4. The molecule has 5 N–H and O–H groups in total. The molecule has 2 aromatic heterocycles. The third-order valence-electron chi connectivity index (χ3n) is 11.3. The molecule has 70 heavy (non-hydrogen) atoms. The third-order valence-corrected chi connectivity index (χ3v) is 11.6. The van der Waals surface area contributed by atoms with Crippen LogP contribution in [0.5, 0.6) is 23.0 Å². The summed E-state index contributed by atoms with van der Waals surface area (Å²) in [5, 5.41) is 16.7. The number of carboxylic acid groups (broad SMARTS) is 1. The number of aliphatic imine (C=N–C) groups is 1. The van der Waals surface area contributed by atoms with Gasteiger partial charge in [-0.05, 0) is 80.1 Å². The molecule has 4 heterocycles. The van der Waals surface area contributed by atoms with E-state index in [1.807, 2.05) is 6.07 Å². The van der Waals surface area contributed by atoms with Crippen LogP contribution in [0.1, 0.15) is 63.4 Å². The van der Waals surface area contributed by atoms with E-state index >= 15 is 4.39 Å². The van der Waals surface area contributed by atoms with Crippen molar-refractivity contribution < 1.29 is 51.1 Å². The van der Waals surface area contributed by atoms with Crippen LogP contribution in [0.15, 0.2) is 96.1 Å². The Labute approximate surface area is 403 Å². The number of nitrogens with one attached hydrogen (secondary N) is 2. The molecule has 9 rings (SSSR count). The fraction of sp³-hybridized carbons (Fsp3) is 0.240. The van der Waals surface area contributed by atoms with Gasteiger partial charge in [0.05, 0.1) is 75.2 Å². The van der Waals surface area contributed by atoms with Crippen molar-refractivity contribution in [2.45, 2.75) is 45.1 Å². The molecule has 2 aliphatic heterocycles. The van der Waals surface area contributed by atoms with Crippen molar-refractivity contribution >= 4 is 57.3 Å². The summed E-state index contributed by atoms with van der Waals surface area (Å²) in [6.07, 6.45) is -2.16. The van der Waals surface area contributed by atoms with Crippen molar-refractivity contribution in [3.8, 4) is 34.3 Å². The van der Waals surface area contributed by atoms with Crippen LogP contribution in [-0.2, 0) is 17.5 Å². The molecule has 1 fully saturated rings. The van der Waals surface area contributed by atoms with E-state index in [0.29, 0.717) is 91.8 Å². The second-order valence-electron chi connectivity index (χ2n) is 16.1. The lowest BCUT2D eigenvalue weighted by Crippen LogP contribution is -2.16. The van der Waals surface area contributed by atoms with Crippen molar-refractivity contribution in [3.05, 3.63) is 141 Å². The van der Waals surface area contributed by atoms with Gasteiger partial charge in [0.25, 0.3) is 0 Å². The van der Waals surface area contributed by atoms with Gasteiger partial charge in [0, 0.05) is 63.2 Å². The van der Waals surface area contributed by atoms with Crippen LogP contribution in [0, 0.1) is 12.7 Å². The Morgan fingerprint density at radius 2 is 1.70 bits per heavy atom. The van der Waals surface area contributed by atoms with Gasteiger partial charge in [0.2, 0.25) is 5.95 Å². The maximum absolute atomic E-state index is 15.0. The predicted molar refractivity (Wildman–Crippen MR) is 257 cm³/mol. The number of halogens is 5. The monoisotopic (exact) mass is 980 g/mol. The molecule has 5 aromatic carbocycles. The van der Waals surface area contributed by atoms with Gasteiger partial charge in [-0.1, -0.05) is 23.7 Å². The number of alkyl halides is 3. The van der Waals surface area contributed by atoms with Crippen molar-refractivity contribution in [1.82, 2.24) is 19.9 Å². The number of methoxy groups -OCH3 is 3. The molecule has 7 aromatic rings. The first-order valence-corrected chi connectivity index (χ1v) is 22.0. The van der Waals surface area contributed by atoms with E-state index in [0.717, 1.165) is 24.1 Å². The number of anilines is 4. The van der Waals surface area contributed by atoms with E-state index in [2.05, 4.69) is 25.6 Å². The predicted octanol–water partition coefficient (Wildman–Crippen LogP) is 10.6. The Morgan fingerprint density at radius 1 is 0.914 bits per heavy atom. The van der Waals surface area contributed by atoms with Crippen LogP contribution >= 0.6 is 11.6 Å². The number of benzene rings is 5. The highest BCUT2D eigenvalue weighted by Crippen LogP contribution is 2.39. The van der Waals surface area contributed by atoms with Gasteiger partial charge in [-0.2, -0.15) is 13.2 Å². The molecule has 0 bridgehead atoms. The summed E-state index contributed by atoms with van der Waals surface area (Å²) in [6.45, 7) is 4.81. The number of carbonyl (C=O) groups is 1. The smallest absolute Gasteiger partial charge is 0.416 e. The SMILES string of the molecule is COc1cc(Nc2ncc3c(n2)-c2ccc(Cl)cc2C(c2c(F)cccc2OC)=NC3)ccc1C(=O)O.COc1cc2nc(C)nc(NC(C)c3cc(N)cc(C(F)(F)F)c3)c2cc1OC1CCOC1. The van der Waals surface area contributed by atoms with Gasteiger partial charge in [0.15, 0.2) is 11.5 Å². The minimum absolute atomic E-state index is 0.0370. The van der Waals surface area contributed by atoms with Gasteiger partial charge >= 0.3 is 12.1 Å². The van der Waals surface area contributed by atoms with E-state index < -0.39 is 29.6 Å². The van der Waals surface area contributed by atoms with Crippen LogP contribution < -0.4 is 35.3 Å². The van der Waals surface area contributed by atoms with Gasteiger partial charge in [-0.15, -0.1) is 0 Å². The molecule has 1 saturated heterocycles. The molecule has 2 unspecified atom stereocenters. The number of carboxylic acids is 1. The van der Waals surface area contributed by atoms with Crippen LogP contribution in [0.3, 0.4) is 0 Å². The van der Waals surface area contributed by atoms with Crippen LogP contribution in [0.4, 0.5) is 40.7 Å². The molecule has 0 aliphatic carbocycles. The number of hydrogen-bond donors (Lipinski definition) is 4. The summed E-state index contributed by atoms with van der Waals surface area (Å²) >= 11 is 6.35. The van der Waals surface area contributed by atoms with Crippen LogP contribution in [0.25, 0.3) is 22.2 Å². The first kappa shape index (κ1) is 48.7. The quantitative estimate of drug-likeness (QED) is 0.0666. The van der Waals surface area contributed by atoms with E-state index in [4.69, 9.17) is 51.0 Å². The maximum Gasteiger partial charge on any atom is 0.416 e. The number of nitrogen functional groups attached to an aromatic ring is 1.